The van der Waals surface area contributed by atoms with Gasteiger partial charge in [0.25, 0.3) is 5.56 Å². The highest BCUT2D eigenvalue weighted by Crippen LogP contribution is 2.09. The lowest BCUT2D eigenvalue weighted by molar-refractivity contribution is -0.121. The van der Waals surface area contributed by atoms with Crippen LogP contribution in [0.1, 0.15) is 31.5 Å². The molecule has 1 fully saturated rings. The zero-order chi connectivity index (χ0) is 16.8. The predicted octanol–water partition coefficient (Wildman–Crippen LogP) is 1.36. The van der Waals surface area contributed by atoms with E-state index in [0.29, 0.717) is 41.9 Å². The van der Waals surface area contributed by atoms with Gasteiger partial charge in [0.15, 0.2) is 0 Å². The summed E-state index contributed by atoms with van der Waals surface area (Å²) in [6.45, 7) is 2.82. The Bertz CT molecular complexity index is 750. The van der Waals surface area contributed by atoms with Gasteiger partial charge in [0, 0.05) is 19.4 Å². The average molecular weight is 328 g/mol. The SMILES string of the molecule is O=C(CCCc1nc2ccccc2c(=O)[nH]1)NCC1CCCNC1. The summed E-state index contributed by atoms with van der Waals surface area (Å²) in [6, 6.07) is 7.29. The van der Waals surface area contributed by atoms with E-state index in [9.17, 15) is 9.59 Å². The maximum absolute atomic E-state index is 12.0. The molecule has 1 aliphatic rings. The number of aromatic nitrogens is 2. The van der Waals surface area contributed by atoms with Crippen LogP contribution < -0.4 is 16.2 Å². The first-order valence-electron chi connectivity index (χ1n) is 8.68. The molecule has 24 heavy (non-hydrogen) atoms. The molecule has 1 aromatic carbocycles. The Morgan fingerprint density at radius 1 is 1.33 bits per heavy atom. The summed E-state index contributed by atoms with van der Waals surface area (Å²) in [6.07, 6.45) is 4.09. The Hall–Kier alpha value is -2.21. The average Bonchev–Trinajstić information content (AvgIpc) is 2.61. The van der Waals surface area contributed by atoms with Gasteiger partial charge in [0.2, 0.25) is 5.91 Å². The number of benzene rings is 1. The maximum Gasteiger partial charge on any atom is 0.258 e. The number of amides is 1. The standard InChI is InChI=1S/C18H24N4O2/c23-17(20-12-13-5-4-10-19-11-13)9-3-8-16-21-15-7-2-1-6-14(15)18(24)22-16/h1-2,6-7,13,19H,3-5,8-12H2,(H,20,23)(H,21,22,24). The molecule has 0 saturated carbocycles. The van der Waals surface area contributed by atoms with E-state index in [0.717, 1.165) is 19.6 Å². The summed E-state index contributed by atoms with van der Waals surface area (Å²) in [5.41, 5.74) is 0.579. The third-order valence-electron chi connectivity index (χ3n) is 4.47. The lowest BCUT2D eigenvalue weighted by Crippen LogP contribution is -2.38. The van der Waals surface area contributed by atoms with Crippen LogP contribution in [0.5, 0.6) is 0 Å². The number of carbonyl (C=O) groups excluding carboxylic acids is 1. The zero-order valence-corrected chi connectivity index (χ0v) is 13.8. The number of piperidine rings is 1. The Morgan fingerprint density at radius 3 is 3.04 bits per heavy atom. The zero-order valence-electron chi connectivity index (χ0n) is 13.8. The van der Waals surface area contributed by atoms with E-state index in [2.05, 4.69) is 20.6 Å². The number of hydrogen-bond acceptors (Lipinski definition) is 4. The summed E-state index contributed by atoms with van der Waals surface area (Å²) in [5, 5.41) is 6.96. The van der Waals surface area contributed by atoms with Gasteiger partial charge in [0.05, 0.1) is 10.9 Å². The Kier molecular flexibility index (Phi) is 5.59. The van der Waals surface area contributed by atoms with Crippen molar-refractivity contribution in [2.45, 2.75) is 32.1 Å². The molecule has 1 aromatic heterocycles. The number of aryl methyl sites for hydroxylation is 1. The molecule has 1 saturated heterocycles. The number of hydrogen-bond donors (Lipinski definition) is 3. The molecule has 1 amide bonds. The Balaban J connectivity index is 1.45. The molecule has 3 rings (SSSR count). The van der Waals surface area contributed by atoms with Gasteiger partial charge in [0.1, 0.15) is 5.82 Å². The second-order valence-corrected chi connectivity index (χ2v) is 6.40. The van der Waals surface area contributed by atoms with Crippen molar-refractivity contribution >= 4 is 16.8 Å². The fourth-order valence-electron chi connectivity index (χ4n) is 3.11. The molecule has 1 unspecified atom stereocenters. The van der Waals surface area contributed by atoms with Crippen molar-refractivity contribution in [3.8, 4) is 0 Å². The van der Waals surface area contributed by atoms with Gasteiger partial charge in [-0.1, -0.05) is 12.1 Å². The maximum atomic E-state index is 12.0. The van der Waals surface area contributed by atoms with Gasteiger partial charge in [-0.2, -0.15) is 0 Å². The van der Waals surface area contributed by atoms with Crippen molar-refractivity contribution in [1.29, 1.82) is 0 Å². The number of aromatic amines is 1. The molecule has 2 aromatic rings. The van der Waals surface area contributed by atoms with Crippen LogP contribution in [-0.4, -0.2) is 35.5 Å². The molecule has 0 aliphatic carbocycles. The molecule has 128 valence electrons. The highest BCUT2D eigenvalue weighted by atomic mass is 16.1. The van der Waals surface area contributed by atoms with Crippen LogP contribution in [0.3, 0.4) is 0 Å². The second kappa shape index (κ2) is 8.06. The van der Waals surface area contributed by atoms with Gasteiger partial charge in [-0.15, -0.1) is 0 Å². The summed E-state index contributed by atoms with van der Waals surface area (Å²) < 4.78 is 0. The smallest absolute Gasteiger partial charge is 0.258 e. The molecule has 2 heterocycles. The molecule has 0 spiro atoms. The number of carbonyl (C=O) groups is 1. The number of para-hydroxylation sites is 1. The van der Waals surface area contributed by atoms with E-state index in [1.807, 2.05) is 18.2 Å². The van der Waals surface area contributed by atoms with Gasteiger partial charge in [-0.05, 0) is 50.4 Å². The number of rotatable bonds is 6. The fourth-order valence-corrected chi connectivity index (χ4v) is 3.11. The quantitative estimate of drug-likeness (QED) is 0.747. The molecule has 1 aliphatic heterocycles. The lowest BCUT2D eigenvalue weighted by Gasteiger charge is -2.22. The highest BCUT2D eigenvalue weighted by Gasteiger charge is 2.13. The van der Waals surface area contributed by atoms with Gasteiger partial charge in [-0.25, -0.2) is 4.98 Å². The molecule has 0 radical (unpaired) electrons. The molecule has 3 N–H and O–H groups in total. The van der Waals surface area contributed by atoms with E-state index in [1.54, 1.807) is 6.07 Å². The number of fused-ring (bicyclic) bond motifs is 1. The largest absolute Gasteiger partial charge is 0.356 e. The van der Waals surface area contributed by atoms with Crippen LogP contribution in [0.15, 0.2) is 29.1 Å². The van der Waals surface area contributed by atoms with Crippen molar-refractivity contribution in [3.05, 3.63) is 40.4 Å². The van der Waals surface area contributed by atoms with Gasteiger partial charge in [-0.3, -0.25) is 9.59 Å². The molecular formula is C18H24N4O2. The normalized spacial score (nSPS) is 17.8. The molecule has 6 nitrogen and oxygen atoms in total. The van der Waals surface area contributed by atoms with Crippen molar-refractivity contribution in [3.63, 3.8) is 0 Å². The van der Waals surface area contributed by atoms with Crippen LogP contribution in [0.2, 0.25) is 0 Å². The Morgan fingerprint density at radius 2 is 2.21 bits per heavy atom. The van der Waals surface area contributed by atoms with Gasteiger partial charge < -0.3 is 15.6 Å². The van der Waals surface area contributed by atoms with Crippen LogP contribution in [0.4, 0.5) is 0 Å². The van der Waals surface area contributed by atoms with Crippen molar-refractivity contribution in [1.82, 2.24) is 20.6 Å². The lowest BCUT2D eigenvalue weighted by atomic mass is 10.00. The third-order valence-corrected chi connectivity index (χ3v) is 4.47. The topological polar surface area (TPSA) is 86.9 Å². The minimum atomic E-state index is -0.121. The van der Waals surface area contributed by atoms with Crippen molar-refractivity contribution in [2.75, 3.05) is 19.6 Å². The minimum Gasteiger partial charge on any atom is -0.356 e. The molecule has 6 heteroatoms. The molecule has 0 bridgehead atoms. The van der Waals surface area contributed by atoms with Crippen LogP contribution in [0.25, 0.3) is 10.9 Å². The number of nitrogens with zero attached hydrogens (tertiary/aromatic N) is 1. The third kappa shape index (κ3) is 4.41. The van der Waals surface area contributed by atoms with Crippen LogP contribution >= 0.6 is 0 Å². The van der Waals surface area contributed by atoms with Crippen molar-refractivity contribution < 1.29 is 4.79 Å². The summed E-state index contributed by atoms with van der Waals surface area (Å²) >= 11 is 0. The highest BCUT2D eigenvalue weighted by molar-refractivity contribution is 5.77. The molecule has 1 atom stereocenters. The van der Waals surface area contributed by atoms with Crippen molar-refractivity contribution in [2.24, 2.45) is 5.92 Å². The van der Waals surface area contributed by atoms with E-state index in [-0.39, 0.29) is 11.5 Å². The van der Waals surface area contributed by atoms with Crippen LogP contribution in [0, 0.1) is 5.92 Å². The monoisotopic (exact) mass is 328 g/mol. The summed E-state index contributed by atoms with van der Waals surface area (Å²) in [4.78, 5) is 31.2. The molecular weight excluding hydrogens is 304 g/mol. The second-order valence-electron chi connectivity index (χ2n) is 6.40. The van der Waals surface area contributed by atoms with E-state index < -0.39 is 0 Å². The fraction of sp³-hybridized carbons (Fsp3) is 0.500. The number of H-pyrrole nitrogens is 1. The first kappa shape index (κ1) is 16.6. The van der Waals surface area contributed by atoms with Crippen LogP contribution in [-0.2, 0) is 11.2 Å². The first-order valence-corrected chi connectivity index (χ1v) is 8.68. The first-order chi connectivity index (χ1) is 11.7. The van der Waals surface area contributed by atoms with E-state index in [4.69, 9.17) is 0 Å². The Labute approximate surface area is 141 Å². The summed E-state index contributed by atoms with van der Waals surface area (Å²) in [7, 11) is 0. The minimum absolute atomic E-state index is 0.0729. The predicted molar refractivity (Wildman–Crippen MR) is 93.9 cm³/mol. The van der Waals surface area contributed by atoms with Gasteiger partial charge >= 0.3 is 0 Å². The number of nitrogens with one attached hydrogen (secondary N) is 3. The summed E-state index contributed by atoms with van der Waals surface area (Å²) in [5.74, 6) is 1.26. The van der Waals surface area contributed by atoms with E-state index >= 15 is 0 Å². The van der Waals surface area contributed by atoms with E-state index in [1.165, 1.54) is 12.8 Å².